The first-order valence-corrected chi connectivity index (χ1v) is 15.1. The summed E-state index contributed by atoms with van der Waals surface area (Å²) in [6.45, 7) is 2.11. The van der Waals surface area contributed by atoms with Crippen molar-refractivity contribution in [3.05, 3.63) is 45.4 Å². The molecular formula is C27H32N6O4S2. The van der Waals surface area contributed by atoms with Crippen LogP contribution in [-0.4, -0.2) is 103 Å². The van der Waals surface area contributed by atoms with Crippen LogP contribution in [0.3, 0.4) is 0 Å². The van der Waals surface area contributed by atoms with Gasteiger partial charge in [-0.3, -0.25) is 9.59 Å². The molecule has 4 heterocycles. The fourth-order valence-corrected chi connectivity index (χ4v) is 7.71. The third kappa shape index (κ3) is 5.45. The number of fused-ring (bicyclic) bond motifs is 2. The molecule has 10 nitrogen and oxygen atoms in total. The molecule has 2 aromatic heterocycles. The summed E-state index contributed by atoms with van der Waals surface area (Å²) in [7, 11) is 1.53. The van der Waals surface area contributed by atoms with Gasteiger partial charge >= 0.3 is 0 Å². The second kappa shape index (κ2) is 10.7. The maximum atomic E-state index is 13.7. The highest BCUT2D eigenvalue weighted by atomic mass is 32.2. The maximum Gasteiger partial charge on any atom is 0.283 e. The van der Waals surface area contributed by atoms with Crippen molar-refractivity contribution in [2.75, 3.05) is 47.3 Å². The van der Waals surface area contributed by atoms with E-state index in [-0.39, 0.29) is 42.9 Å². The molecule has 3 aromatic rings. The molecule has 5 rings (SSSR count). The lowest BCUT2D eigenvalue weighted by molar-refractivity contribution is -0.129. The molecule has 1 atom stereocenters. The Morgan fingerprint density at radius 3 is 2.77 bits per heavy atom. The van der Waals surface area contributed by atoms with Gasteiger partial charge in [0.05, 0.1) is 5.69 Å². The Morgan fingerprint density at radius 2 is 2.03 bits per heavy atom. The highest BCUT2D eigenvalue weighted by molar-refractivity contribution is 7.89. The number of amides is 2. The molecule has 0 radical (unpaired) electrons. The Bertz CT molecular complexity index is 1570. The lowest BCUT2D eigenvalue weighted by atomic mass is 10.1. The molecule has 1 N–H and O–H groups in total. The van der Waals surface area contributed by atoms with Crippen molar-refractivity contribution in [3.63, 3.8) is 0 Å². The molecule has 1 unspecified atom stereocenters. The van der Waals surface area contributed by atoms with Crippen LogP contribution in [-0.2, 0) is 27.8 Å². The number of terminal acetylenes is 1. The minimum Gasteiger partial charge on any atom is -0.349 e. The van der Waals surface area contributed by atoms with Crippen LogP contribution in [0.4, 0.5) is 0 Å². The van der Waals surface area contributed by atoms with Crippen LogP contribution in [0, 0.1) is 12.3 Å². The Labute approximate surface area is 232 Å². The Balaban J connectivity index is 1.40. The number of sulfonamides is 1. The Kier molecular flexibility index (Phi) is 7.52. The molecule has 39 heavy (non-hydrogen) atoms. The van der Waals surface area contributed by atoms with Gasteiger partial charge in [0.2, 0.25) is 5.91 Å². The molecule has 1 saturated heterocycles. The SMILES string of the molecule is C#Cc1ccc2[nH]c(S(=O)(=O)N3CCN(C(=O)c4nc5c(s4)CN(C)CC5)C(CCC(=O)N(C)C)C3)cc2c1. The molecule has 2 amide bonds. The fourth-order valence-electron chi connectivity index (χ4n) is 5.08. The second-order valence-electron chi connectivity index (χ2n) is 10.3. The van der Waals surface area contributed by atoms with Crippen molar-refractivity contribution in [1.29, 1.82) is 0 Å². The lowest BCUT2D eigenvalue weighted by Gasteiger charge is -2.40. The highest BCUT2D eigenvalue weighted by Gasteiger charge is 2.38. The van der Waals surface area contributed by atoms with E-state index in [2.05, 4.69) is 20.8 Å². The maximum absolute atomic E-state index is 13.7. The largest absolute Gasteiger partial charge is 0.349 e. The van der Waals surface area contributed by atoms with Crippen molar-refractivity contribution in [2.45, 2.75) is 36.9 Å². The first-order chi connectivity index (χ1) is 18.6. The molecule has 12 heteroatoms. The monoisotopic (exact) mass is 568 g/mol. The number of likely N-dealkylation sites (N-methyl/N-ethyl adjacent to an activating group) is 1. The molecule has 0 saturated carbocycles. The summed E-state index contributed by atoms with van der Waals surface area (Å²) in [5, 5.41) is 1.21. The van der Waals surface area contributed by atoms with Gasteiger partial charge in [-0.05, 0) is 37.7 Å². The molecular weight excluding hydrogens is 536 g/mol. The number of aromatic nitrogens is 2. The summed E-state index contributed by atoms with van der Waals surface area (Å²) in [5.74, 6) is 2.29. The summed E-state index contributed by atoms with van der Waals surface area (Å²) < 4.78 is 28.7. The number of hydrogen-bond acceptors (Lipinski definition) is 7. The molecule has 1 aromatic carbocycles. The van der Waals surface area contributed by atoms with Crippen LogP contribution >= 0.6 is 11.3 Å². The summed E-state index contributed by atoms with van der Waals surface area (Å²) in [5.41, 5.74) is 2.31. The van der Waals surface area contributed by atoms with E-state index in [0.29, 0.717) is 27.9 Å². The molecule has 0 bridgehead atoms. The van der Waals surface area contributed by atoms with Crippen LogP contribution in [0.5, 0.6) is 0 Å². The minimum absolute atomic E-state index is 0.0740. The van der Waals surface area contributed by atoms with E-state index < -0.39 is 16.1 Å². The quantitative estimate of drug-likeness (QED) is 0.456. The van der Waals surface area contributed by atoms with Gasteiger partial charge in [-0.1, -0.05) is 5.92 Å². The van der Waals surface area contributed by atoms with Gasteiger partial charge in [0.15, 0.2) is 5.01 Å². The van der Waals surface area contributed by atoms with Crippen LogP contribution < -0.4 is 0 Å². The number of benzene rings is 1. The van der Waals surface area contributed by atoms with Gasteiger partial charge < -0.3 is 19.7 Å². The van der Waals surface area contributed by atoms with Crippen molar-refractivity contribution in [1.82, 2.24) is 29.0 Å². The van der Waals surface area contributed by atoms with Crippen LogP contribution in [0.2, 0.25) is 0 Å². The fraction of sp³-hybridized carbons (Fsp3) is 0.444. The molecule has 2 aliphatic rings. The van der Waals surface area contributed by atoms with E-state index in [1.807, 2.05) is 7.05 Å². The molecule has 2 aliphatic heterocycles. The molecule has 1 fully saturated rings. The number of carbonyl (C=O) groups is 2. The second-order valence-corrected chi connectivity index (χ2v) is 13.3. The van der Waals surface area contributed by atoms with E-state index in [1.165, 1.54) is 20.5 Å². The number of nitrogens with zero attached hydrogens (tertiary/aromatic N) is 5. The number of carbonyl (C=O) groups excluding carboxylic acids is 2. The topological polar surface area (TPSA) is 110 Å². The predicted molar refractivity (Wildman–Crippen MR) is 150 cm³/mol. The zero-order chi connectivity index (χ0) is 27.9. The summed E-state index contributed by atoms with van der Waals surface area (Å²) in [6, 6.07) is 6.41. The zero-order valence-electron chi connectivity index (χ0n) is 22.3. The average Bonchev–Trinajstić information content (AvgIpc) is 3.55. The lowest BCUT2D eigenvalue weighted by Crippen LogP contribution is -2.56. The predicted octanol–water partition coefficient (Wildman–Crippen LogP) is 1.98. The van der Waals surface area contributed by atoms with E-state index in [9.17, 15) is 18.0 Å². The standard InChI is InChI=1S/C27H32N6O4S2/c1-5-18-6-8-21-19(14-18)15-24(28-21)39(36,37)32-12-13-33(20(16-32)7-9-25(34)30(2)3)27(35)26-29-22-10-11-31(4)17-23(22)38-26/h1,6,8,14-15,20,28H,7,9-13,16-17H2,2-4H3. The van der Waals surface area contributed by atoms with E-state index in [0.717, 1.165) is 30.1 Å². The first-order valence-electron chi connectivity index (χ1n) is 12.8. The number of piperazine rings is 1. The normalized spacial score (nSPS) is 18.6. The van der Waals surface area contributed by atoms with Gasteiger partial charge in [-0.2, -0.15) is 4.31 Å². The minimum atomic E-state index is -3.88. The highest BCUT2D eigenvalue weighted by Crippen LogP contribution is 2.29. The third-order valence-corrected chi connectivity index (χ3v) is 10.2. The Morgan fingerprint density at radius 1 is 1.23 bits per heavy atom. The van der Waals surface area contributed by atoms with Crippen molar-refractivity contribution < 1.29 is 18.0 Å². The van der Waals surface area contributed by atoms with E-state index in [1.54, 1.807) is 43.3 Å². The number of rotatable bonds is 6. The van der Waals surface area contributed by atoms with Crippen molar-refractivity contribution in [3.8, 4) is 12.3 Å². The summed E-state index contributed by atoms with van der Waals surface area (Å²) in [6.07, 6.45) is 6.85. The van der Waals surface area contributed by atoms with Crippen molar-refractivity contribution >= 4 is 44.1 Å². The first kappa shape index (κ1) is 27.3. The van der Waals surface area contributed by atoms with Crippen LogP contribution in [0.1, 0.15) is 38.8 Å². The summed E-state index contributed by atoms with van der Waals surface area (Å²) in [4.78, 5) is 40.2. The van der Waals surface area contributed by atoms with Gasteiger partial charge in [0.1, 0.15) is 5.03 Å². The van der Waals surface area contributed by atoms with Crippen LogP contribution in [0.25, 0.3) is 10.9 Å². The van der Waals surface area contributed by atoms with E-state index in [4.69, 9.17) is 6.42 Å². The van der Waals surface area contributed by atoms with Gasteiger partial charge in [-0.15, -0.1) is 17.8 Å². The van der Waals surface area contributed by atoms with Crippen molar-refractivity contribution in [2.24, 2.45) is 0 Å². The molecule has 206 valence electrons. The molecule has 0 spiro atoms. The van der Waals surface area contributed by atoms with Crippen LogP contribution in [0.15, 0.2) is 29.3 Å². The third-order valence-electron chi connectivity index (χ3n) is 7.38. The average molecular weight is 569 g/mol. The zero-order valence-corrected chi connectivity index (χ0v) is 23.9. The molecule has 0 aliphatic carbocycles. The number of hydrogen-bond donors (Lipinski definition) is 1. The van der Waals surface area contributed by atoms with E-state index >= 15 is 0 Å². The number of H-pyrrole nitrogens is 1. The smallest absolute Gasteiger partial charge is 0.283 e. The van der Waals surface area contributed by atoms with Gasteiger partial charge in [0.25, 0.3) is 15.9 Å². The number of nitrogens with one attached hydrogen (secondary N) is 1. The number of thiazole rings is 1. The Hall–Kier alpha value is -3.24. The summed E-state index contributed by atoms with van der Waals surface area (Å²) >= 11 is 1.41. The van der Waals surface area contributed by atoms with Gasteiger partial charge in [-0.25, -0.2) is 13.4 Å². The number of aromatic amines is 1. The van der Waals surface area contributed by atoms with Gasteiger partial charge in [0, 0.05) is 87.0 Å².